The summed E-state index contributed by atoms with van der Waals surface area (Å²) in [7, 11) is 1.26. The molecular formula is C22H24O10. The van der Waals surface area contributed by atoms with Crippen LogP contribution in [0.2, 0.25) is 0 Å². The Kier molecular flexibility index (Phi) is 5.84. The molecule has 10 nitrogen and oxygen atoms in total. The number of phenols is 2. The molecule has 0 saturated carbocycles. The number of hydrogen-bond acceptors (Lipinski definition) is 10. The van der Waals surface area contributed by atoms with Crippen LogP contribution in [0.5, 0.6) is 17.2 Å². The third-order valence-corrected chi connectivity index (χ3v) is 6.15. The van der Waals surface area contributed by atoms with E-state index in [0.29, 0.717) is 0 Å². The standard InChI is InChI=1S/C22H24O10/c1-31-21-11(25)3-2-9-14(22-20(30)19(29)17(27)13(7-24)32-22)10-4-8(6-23)5-12(26)15(10)18(28)16(9)21/h2-5,13-14,17,19-20,22-27,29-30H,6-7H2,1H3/t13-,14?,17-,19+,20-,22+/m1/s1. The fourth-order valence-corrected chi connectivity index (χ4v) is 4.63. The Morgan fingerprint density at radius 3 is 2.28 bits per heavy atom. The summed E-state index contributed by atoms with van der Waals surface area (Å²) >= 11 is 0. The quantitative estimate of drug-likeness (QED) is 0.311. The van der Waals surface area contributed by atoms with Crippen LogP contribution < -0.4 is 4.74 Å². The number of methoxy groups -OCH3 is 1. The van der Waals surface area contributed by atoms with Crippen molar-refractivity contribution in [3.05, 3.63) is 52.1 Å². The van der Waals surface area contributed by atoms with Gasteiger partial charge in [0.05, 0.1) is 37.6 Å². The fourth-order valence-electron chi connectivity index (χ4n) is 4.63. The van der Waals surface area contributed by atoms with Crippen molar-refractivity contribution in [1.29, 1.82) is 0 Å². The maximum Gasteiger partial charge on any atom is 0.201 e. The first-order valence-corrected chi connectivity index (χ1v) is 9.96. The van der Waals surface area contributed by atoms with E-state index in [-0.39, 0.29) is 39.3 Å². The average molecular weight is 448 g/mol. The lowest BCUT2D eigenvalue weighted by molar-refractivity contribution is -0.232. The highest BCUT2D eigenvalue weighted by Gasteiger charge is 2.50. The lowest BCUT2D eigenvalue weighted by Gasteiger charge is -2.45. The number of phenolic OH excluding ortho intramolecular Hbond substituents is 2. The van der Waals surface area contributed by atoms with Gasteiger partial charge in [-0.15, -0.1) is 0 Å². The fraction of sp³-hybridized carbons (Fsp3) is 0.409. The first-order valence-electron chi connectivity index (χ1n) is 9.96. The summed E-state index contributed by atoms with van der Waals surface area (Å²) in [6.07, 6.45) is -7.34. The molecule has 0 aromatic heterocycles. The van der Waals surface area contributed by atoms with Crippen molar-refractivity contribution < 1.29 is 50.0 Å². The minimum Gasteiger partial charge on any atom is -0.507 e. The summed E-state index contributed by atoms with van der Waals surface area (Å²) in [5.74, 6) is -2.52. The van der Waals surface area contributed by atoms with E-state index in [9.17, 15) is 40.5 Å². The van der Waals surface area contributed by atoms with Crippen LogP contribution in [-0.4, -0.2) is 85.8 Å². The van der Waals surface area contributed by atoms with E-state index < -0.39 is 61.2 Å². The molecule has 2 aromatic carbocycles. The van der Waals surface area contributed by atoms with Crippen LogP contribution in [0.3, 0.4) is 0 Å². The van der Waals surface area contributed by atoms with Gasteiger partial charge < -0.3 is 45.2 Å². The van der Waals surface area contributed by atoms with E-state index >= 15 is 0 Å². The smallest absolute Gasteiger partial charge is 0.201 e. The van der Waals surface area contributed by atoms with Crippen LogP contribution in [0.4, 0.5) is 0 Å². The second-order valence-corrected chi connectivity index (χ2v) is 7.92. The Morgan fingerprint density at radius 1 is 0.938 bits per heavy atom. The average Bonchev–Trinajstić information content (AvgIpc) is 2.78. The van der Waals surface area contributed by atoms with Crippen LogP contribution in [0.25, 0.3) is 0 Å². The number of aromatic hydroxyl groups is 2. The van der Waals surface area contributed by atoms with Crippen molar-refractivity contribution in [1.82, 2.24) is 0 Å². The van der Waals surface area contributed by atoms with Gasteiger partial charge in [0, 0.05) is 5.92 Å². The van der Waals surface area contributed by atoms with Crippen LogP contribution in [0.15, 0.2) is 24.3 Å². The molecule has 1 unspecified atom stereocenters. The first kappa shape index (κ1) is 22.5. The first-order chi connectivity index (χ1) is 15.2. The molecule has 0 radical (unpaired) electrons. The summed E-state index contributed by atoms with van der Waals surface area (Å²) in [5.41, 5.74) is 0.576. The normalized spacial score (nSPS) is 29.4. The van der Waals surface area contributed by atoms with Crippen LogP contribution in [0.1, 0.15) is 38.5 Å². The van der Waals surface area contributed by atoms with Gasteiger partial charge in [-0.1, -0.05) is 12.1 Å². The Morgan fingerprint density at radius 2 is 1.66 bits per heavy atom. The van der Waals surface area contributed by atoms with Crippen molar-refractivity contribution in [3.8, 4) is 17.2 Å². The molecule has 10 heteroatoms. The number of carbonyl (C=O) groups is 1. The molecule has 1 aliphatic carbocycles. The number of rotatable bonds is 4. The van der Waals surface area contributed by atoms with Gasteiger partial charge in [-0.2, -0.15) is 0 Å². The zero-order valence-corrected chi connectivity index (χ0v) is 17.0. The molecule has 1 fully saturated rings. The zero-order chi connectivity index (χ0) is 23.3. The maximum absolute atomic E-state index is 13.4. The van der Waals surface area contributed by atoms with Gasteiger partial charge in [-0.3, -0.25) is 4.79 Å². The molecule has 1 heterocycles. The molecule has 1 aliphatic heterocycles. The monoisotopic (exact) mass is 448 g/mol. The van der Waals surface area contributed by atoms with Gasteiger partial charge in [0.25, 0.3) is 0 Å². The van der Waals surface area contributed by atoms with Gasteiger partial charge in [0.1, 0.15) is 30.2 Å². The van der Waals surface area contributed by atoms with E-state index in [1.165, 1.54) is 31.4 Å². The largest absolute Gasteiger partial charge is 0.507 e. The Hall–Kier alpha value is -2.73. The summed E-state index contributed by atoms with van der Waals surface area (Å²) < 4.78 is 11.0. The van der Waals surface area contributed by atoms with Gasteiger partial charge in [0.2, 0.25) is 5.78 Å². The molecule has 0 spiro atoms. The molecule has 32 heavy (non-hydrogen) atoms. The van der Waals surface area contributed by atoms with Crippen LogP contribution >= 0.6 is 0 Å². The molecule has 1 saturated heterocycles. The van der Waals surface area contributed by atoms with E-state index in [1.807, 2.05) is 0 Å². The van der Waals surface area contributed by atoms with E-state index in [4.69, 9.17) is 9.47 Å². The molecule has 2 aromatic rings. The van der Waals surface area contributed by atoms with Gasteiger partial charge in [0.15, 0.2) is 11.5 Å². The van der Waals surface area contributed by atoms with E-state index in [1.54, 1.807) is 0 Å². The molecule has 0 amide bonds. The maximum atomic E-state index is 13.4. The Bertz CT molecular complexity index is 1050. The topological polar surface area (TPSA) is 177 Å². The van der Waals surface area contributed by atoms with Crippen molar-refractivity contribution in [2.45, 2.75) is 43.0 Å². The number of aliphatic hydroxyl groups is 5. The molecular weight excluding hydrogens is 424 g/mol. The second kappa shape index (κ2) is 8.32. The number of fused-ring (bicyclic) bond motifs is 2. The SMILES string of the molecule is COc1c(O)ccc2c1C(=O)c1c(O)cc(CO)cc1C2[C@@H]1O[C@H](CO)[C@@H](O)[C@H](O)[C@H]1O. The molecule has 2 aliphatic rings. The van der Waals surface area contributed by atoms with Crippen molar-refractivity contribution in [2.75, 3.05) is 13.7 Å². The number of ketones is 1. The lowest BCUT2D eigenvalue weighted by atomic mass is 9.71. The highest BCUT2D eigenvalue weighted by atomic mass is 16.5. The zero-order valence-electron chi connectivity index (χ0n) is 17.0. The van der Waals surface area contributed by atoms with Crippen molar-refractivity contribution in [3.63, 3.8) is 0 Å². The highest BCUT2D eigenvalue weighted by Crippen LogP contribution is 2.49. The number of ether oxygens (including phenoxy) is 2. The predicted octanol–water partition coefficient (Wildman–Crippen LogP) is -0.883. The third-order valence-electron chi connectivity index (χ3n) is 6.15. The Balaban J connectivity index is 2.00. The molecule has 172 valence electrons. The highest BCUT2D eigenvalue weighted by molar-refractivity contribution is 6.16. The van der Waals surface area contributed by atoms with Gasteiger partial charge in [-0.05, 0) is 28.8 Å². The second-order valence-electron chi connectivity index (χ2n) is 7.92. The minimum absolute atomic E-state index is 0.0611. The summed E-state index contributed by atoms with van der Waals surface area (Å²) in [6.45, 7) is -1.09. The summed E-state index contributed by atoms with van der Waals surface area (Å²) in [6, 6.07) is 5.42. The summed E-state index contributed by atoms with van der Waals surface area (Å²) in [5, 5.41) is 71.3. The van der Waals surface area contributed by atoms with E-state index in [2.05, 4.69) is 0 Å². The van der Waals surface area contributed by atoms with Gasteiger partial charge >= 0.3 is 0 Å². The lowest BCUT2D eigenvalue weighted by Crippen LogP contribution is -2.60. The molecule has 6 atom stereocenters. The number of hydrogen-bond donors (Lipinski definition) is 7. The third kappa shape index (κ3) is 3.24. The minimum atomic E-state index is -1.66. The Labute approximate surface area is 182 Å². The van der Waals surface area contributed by atoms with E-state index in [0.717, 1.165) is 0 Å². The van der Waals surface area contributed by atoms with Gasteiger partial charge in [-0.25, -0.2) is 0 Å². The van der Waals surface area contributed by atoms with Crippen molar-refractivity contribution in [2.24, 2.45) is 0 Å². The molecule has 0 bridgehead atoms. The number of benzene rings is 2. The summed E-state index contributed by atoms with van der Waals surface area (Å²) in [4.78, 5) is 13.4. The van der Waals surface area contributed by atoms with Crippen LogP contribution in [-0.2, 0) is 11.3 Å². The van der Waals surface area contributed by atoms with Crippen LogP contribution in [0, 0.1) is 0 Å². The molecule has 7 N–H and O–H groups in total. The number of carbonyl (C=O) groups excluding carboxylic acids is 1. The van der Waals surface area contributed by atoms with Crippen molar-refractivity contribution >= 4 is 5.78 Å². The molecule has 4 rings (SSSR count). The predicted molar refractivity (Wildman–Crippen MR) is 108 cm³/mol. The number of aliphatic hydroxyl groups excluding tert-OH is 5.